The lowest BCUT2D eigenvalue weighted by atomic mass is 10.3. The molecule has 4 nitrogen and oxygen atoms in total. The van der Waals surface area contributed by atoms with Crippen molar-refractivity contribution in [3.63, 3.8) is 0 Å². The maximum Gasteiger partial charge on any atom is 0.264 e. The van der Waals surface area contributed by atoms with Crippen LogP contribution in [0.5, 0.6) is 0 Å². The molecule has 2 aromatic rings. The van der Waals surface area contributed by atoms with Crippen LogP contribution in [-0.2, 0) is 10.0 Å². The minimum atomic E-state index is -3.60. The van der Waals surface area contributed by atoms with E-state index in [4.69, 9.17) is 5.73 Å². The number of nitrogens with zero attached hydrogens (tertiary/aromatic N) is 1. The van der Waals surface area contributed by atoms with Gasteiger partial charge in [-0.2, -0.15) is 0 Å². The molecule has 0 saturated heterocycles. The first-order valence-electron chi connectivity index (χ1n) is 6.99. The van der Waals surface area contributed by atoms with Gasteiger partial charge in [0.05, 0.1) is 10.6 Å². The number of hydrogen-bond acceptors (Lipinski definition) is 3. The lowest BCUT2D eigenvalue weighted by Crippen LogP contribution is -2.32. The normalized spacial score (nSPS) is 11.3. The number of nitrogen functional groups attached to an aromatic ring is 1. The summed E-state index contributed by atoms with van der Waals surface area (Å²) in [6.07, 6.45) is 1.73. The Labute approximate surface area is 126 Å². The predicted molar refractivity (Wildman–Crippen MR) is 86.7 cm³/mol. The van der Waals surface area contributed by atoms with Gasteiger partial charge in [0, 0.05) is 12.2 Å². The molecule has 21 heavy (non-hydrogen) atoms. The van der Waals surface area contributed by atoms with Crippen molar-refractivity contribution in [1.82, 2.24) is 0 Å². The van der Waals surface area contributed by atoms with E-state index in [-0.39, 0.29) is 4.90 Å². The standard InChI is InChI=1S/C16H20N2O2S/c1-2-3-12-18(15-9-5-4-6-10-15)21(19,20)16-11-7-8-14(17)13-16/h4-11,13H,2-3,12,17H2,1H3. The molecule has 2 N–H and O–H groups in total. The summed E-state index contributed by atoms with van der Waals surface area (Å²) in [6, 6.07) is 15.6. The van der Waals surface area contributed by atoms with Crippen molar-refractivity contribution in [2.45, 2.75) is 24.7 Å². The predicted octanol–water partition coefficient (Wildman–Crippen LogP) is 3.26. The molecule has 5 heteroatoms. The Morgan fingerprint density at radius 3 is 2.38 bits per heavy atom. The second-order valence-electron chi connectivity index (χ2n) is 4.84. The summed E-state index contributed by atoms with van der Waals surface area (Å²) in [5, 5.41) is 0. The first-order valence-corrected chi connectivity index (χ1v) is 8.43. The summed E-state index contributed by atoms with van der Waals surface area (Å²) in [4.78, 5) is 0.224. The Morgan fingerprint density at radius 1 is 1.05 bits per heavy atom. The van der Waals surface area contributed by atoms with Crippen LogP contribution in [0.1, 0.15) is 19.8 Å². The van der Waals surface area contributed by atoms with Gasteiger partial charge >= 0.3 is 0 Å². The van der Waals surface area contributed by atoms with Crippen molar-refractivity contribution < 1.29 is 8.42 Å². The Balaban J connectivity index is 2.44. The second-order valence-corrected chi connectivity index (χ2v) is 6.70. The molecule has 0 saturated carbocycles. The Hall–Kier alpha value is -2.01. The molecule has 2 aromatic carbocycles. The zero-order valence-corrected chi connectivity index (χ0v) is 12.9. The van der Waals surface area contributed by atoms with E-state index in [2.05, 4.69) is 0 Å². The Morgan fingerprint density at radius 2 is 1.76 bits per heavy atom. The molecule has 0 spiro atoms. The summed E-state index contributed by atoms with van der Waals surface area (Å²) in [6.45, 7) is 2.49. The van der Waals surface area contributed by atoms with E-state index < -0.39 is 10.0 Å². The molecule has 0 aliphatic rings. The van der Waals surface area contributed by atoms with Crippen LogP contribution in [0.15, 0.2) is 59.5 Å². The van der Waals surface area contributed by atoms with E-state index >= 15 is 0 Å². The SMILES string of the molecule is CCCCN(c1ccccc1)S(=O)(=O)c1cccc(N)c1. The minimum absolute atomic E-state index is 0.224. The van der Waals surface area contributed by atoms with Gasteiger partial charge < -0.3 is 5.73 Å². The van der Waals surface area contributed by atoms with Crippen LogP contribution in [0.4, 0.5) is 11.4 Å². The number of benzene rings is 2. The highest BCUT2D eigenvalue weighted by molar-refractivity contribution is 7.92. The Kier molecular flexibility index (Phi) is 4.85. The summed E-state index contributed by atoms with van der Waals surface area (Å²) in [7, 11) is -3.60. The van der Waals surface area contributed by atoms with Crippen LogP contribution >= 0.6 is 0 Å². The van der Waals surface area contributed by atoms with Crippen molar-refractivity contribution in [1.29, 1.82) is 0 Å². The zero-order valence-electron chi connectivity index (χ0n) is 12.1. The fourth-order valence-electron chi connectivity index (χ4n) is 2.09. The molecule has 0 aromatic heterocycles. The van der Waals surface area contributed by atoms with E-state index in [0.29, 0.717) is 17.9 Å². The number of rotatable bonds is 6. The van der Waals surface area contributed by atoms with Crippen LogP contribution < -0.4 is 10.0 Å². The maximum atomic E-state index is 12.9. The van der Waals surface area contributed by atoms with Crippen molar-refractivity contribution in [3.8, 4) is 0 Å². The topological polar surface area (TPSA) is 63.4 Å². The van der Waals surface area contributed by atoms with Gasteiger partial charge in [0.25, 0.3) is 10.0 Å². The number of anilines is 2. The summed E-state index contributed by atoms with van der Waals surface area (Å²) >= 11 is 0. The molecule has 0 amide bonds. The van der Waals surface area contributed by atoms with Crippen molar-refractivity contribution >= 4 is 21.4 Å². The lowest BCUT2D eigenvalue weighted by Gasteiger charge is -2.24. The molecule has 0 atom stereocenters. The highest BCUT2D eigenvalue weighted by Gasteiger charge is 2.24. The van der Waals surface area contributed by atoms with Gasteiger partial charge in [-0.3, -0.25) is 4.31 Å². The smallest absolute Gasteiger partial charge is 0.264 e. The molecule has 0 radical (unpaired) electrons. The fraction of sp³-hybridized carbons (Fsp3) is 0.250. The van der Waals surface area contributed by atoms with E-state index in [1.807, 2.05) is 25.1 Å². The molecule has 0 bridgehead atoms. The van der Waals surface area contributed by atoms with Crippen LogP contribution in [0.2, 0.25) is 0 Å². The van der Waals surface area contributed by atoms with Crippen LogP contribution in [0, 0.1) is 0 Å². The maximum absolute atomic E-state index is 12.9. The Bertz CT molecular complexity index is 684. The van der Waals surface area contributed by atoms with Gasteiger partial charge in [-0.05, 0) is 36.8 Å². The minimum Gasteiger partial charge on any atom is -0.399 e. The zero-order chi connectivity index (χ0) is 15.3. The monoisotopic (exact) mass is 304 g/mol. The van der Waals surface area contributed by atoms with Crippen LogP contribution in [0.25, 0.3) is 0 Å². The second kappa shape index (κ2) is 6.63. The first kappa shape index (κ1) is 15.4. The average Bonchev–Trinajstić information content (AvgIpc) is 2.48. The lowest BCUT2D eigenvalue weighted by molar-refractivity contribution is 0.588. The van der Waals surface area contributed by atoms with Crippen LogP contribution in [-0.4, -0.2) is 15.0 Å². The first-order chi connectivity index (χ1) is 10.1. The number of nitrogens with two attached hydrogens (primary N) is 1. The van der Waals surface area contributed by atoms with Gasteiger partial charge in [-0.15, -0.1) is 0 Å². The number of unbranched alkanes of at least 4 members (excludes halogenated alkanes) is 1. The van der Waals surface area contributed by atoms with Gasteiger partial charge in [-0.25, -0.2) is 8.42 Å². The summed E-state index contributed by atoms with van der Waals surface area (Å²) < 4.78 is 27.2. The molecule has 112 valence electrons. The third-order valence-corrected chi connectivity index (χ3v) is 5.03. The van der Waals surface area contributed by atoms with Crippen LogP contribution in [0.3, 0.4) is 0 Å². The average molecular weight is 304 g/mol. The molecule has 2 rings (SSSR count). The number of para-hydroxylation sites is 1. The van der Waals surface area contributed by atoms with E-state index in [1.54, 1.807) is 30.3 Å². The molecular formula is C16H20N2O2S. The fourth-order valence-corrected chi connectivity index (χ4v) is 3.65. The van der Waals surface area contributed by atoms with Crippen molar-refractivity contribution in [2.75, 3.05) is 16.6 Å². The van der Waals surface area contributed by atoms with Crippen molar-refractivity contribution in [3.05, 3.63) is 54.6 Å². The third kappa shape index (κ3) is 3.55. The molecule has 0 fully saturated rings. The van der Waals surface area contributed by atoms with Gasteiger partial charge in [0.1, 0.15) is 0 Å². The van der Waals surface area contributed by atoms with E-state index in [0.717, 1.165) is 12.8 Å². The van der Waals surface area contributed by atoms with Gasteiger partial charge in [0.2, 0.25) is 0 Å². The van der Waals surface area contributed by atoms with Gasteiger partial charge in [-0.1, -0.05) is 37.6 Å². The highest BCUT2D eigenvalue weighted by Crippen LogP contribution is 2.25. The molecule has 0 aliphatic carbocycles. The summed E-state index contributed by atoms with van der Waals surface area (Å²) in [5.41, 5.74) is 6.83. The quantitative estimate of drug-likeness (QED) is 0.833. The van der Waals surface area contributed by atoms with E-state index in [1.165, 1.54) is 10.4 Å². The molecule has 0 unspecified atom stereocenters. The third-order valence-electron chi connectivity index (χ3n) is 3.21. The summed E-state index contributed by atoms with van der Waals surface area (Å²) in [5.74, 6) is 0. The largest absolute Gasteiger partial charge is 0.399 e. The highest BCUT2D eigenvalue weighted by atomic mass is 32.2. The van der Waals surface area contributed by atoms with Gasteiger partial charge in [0.15, 0.2) is 0 Å². The van der Waals surface area contributed by atoms with E-state index in [9.17, 15) is 8.42 Å². The molecule has 0 heterocycles. The van der Waals surface area contributed by atoms with Crippen molar-refractivity contribution in [2.24, 2.45) is 0 Å². The molecule has 0 aliphatic heterocycles. The molecular weight excluding hydrogens is 284 g/mol. The number of hydrogen-bond donors (Lipinski definition) is 1. The number of sulfonamides is 1.